The molecular formula is C15H23N3O3. The number of amides is 1. The van der Waals surface area contributed by atoms with Crippen LogP contribution in [-0.4, -0.2) is 55.6 Å². The summed E-state index contributed by atoms with van der Waals surface area (Å²) in [6.07, 6.45) is 1.02. The van der Waals surface area contributed by atoms with Crippen LogP contribution in [0.15, 0.2) is 24.3 Å². The highest BCUT2D eigenvalue weighted by Crippen LogP contribution is 2.16. The number of nitrogens with two attached hydrogens (primary N) is 1. The Kier molecular flexibility index (Phi) is 6.68. The number of carboxylic acid groups (broad SMARTS) is 1. The van der Waals surface area contributed by atoms with Crippen molar-refractivity contribution in [3.8, 4) is 0 Å². The average Bonchev–Trinajstić information content (AvgIpc) is 2.42. The maximum absolute atomic E-state index is 11.1. The maximum Gasteiger partial charge on any atom is 0.305 e. The number of hydrogen-bond donors (Lipinski definition) is 2. The first kappa shape index (κ1) is 17.0. The maximum atomic E-state index is 11.1. The molecule has 0 aliphatic heterocycles. The van der Waals surface area contributed by atoms with Gasteiger partial charge in [-0.2, -0.15) is 0 Å². The summed E-state index contributed by atoms with van der Waals surface area (Å²) in [6, 6.07) is 6.93. The molecule has 116 valence electrons. The van der Waals surface area contributed by atoms with Crippen LogP contribution in [0.1, 0.15) is 23.2 Å². The number of aliphatic carboxylic acids is 1. The van der Waals surface area contributed by atoms with E-state index < -0.39 is 11.9 Å². The predicted octanol–water partition coefficient (Wildman–Crippen LogP) is 1.02. The van der Waals surface area contributed by atoms with Gasteiger partial charge >= 0.3 is 5.97 Å². The van der Waals surface area contributed by atoms with Crippen LogP contribution in [0.25, 0.3) is 0 Å². The van der Waals surface area contributed by atoms with E-state index in [0.29, 0.717) is 12.1 Å². The monoisotopic (exact) mass is 293 g/mol. The summed E-state index contributed by atoms with van der Waals surface area (Å²) in [5.74, 6) is -1.28. The van der Waals surface area contributed by atoms with Gasteiger partial charge in [-0.3, -0.25) is 9.59 Å². The molecular weight excluding hydrogens is 270 g/mol. The fraction of sp³-hybridized carbons (Fsp3) is 0.467. The second-order valence-electron chi connectivity index (χ2n) is 5.20. The van der Waals surface area contributed by atoms with E-state index in [-0.39, 0.29) is 6.42 Å². The predicted molar refractivity (Wildman–Crippen MR) is 82.6 cm³/mol. The smallest absolute Gasteiger partial charge is 0.305 e. The van der Waals surface area contributed by atoms with E-state index in [4.69, 9.17) is 10.8 Å². The van der Waals surface area contributed by atoms with Gasteiger partial charge in [-0.15, -0.1) is 0 Å². The molecule has 1 aromatic carbocycles. The molecule has 1 amide bonds. The molecule has 0 saturated heterocycles. The van der Waals surface area contributed by atoms with Crippen molar-refractivity contribution >= 4 is 17.6 Å². The van der Waals surface area contributed by atoms with Crippen molar-refractivity contribution in [2.45, 2.75) is 12.8 Å². The van der Waals surface area contributed by atoms with Crippen LogP contribution in [-0.2, 0) is 4.79 Å². The highest BCUT2D eigenvalue weighted by atomic mass is 16.4. The number of benzene rings is 1. The zero-order chi connectivity index (χ0) is 15.8. The van der Waals surface area contributed by atoms with Crippen LogP contribution < -0.4 is 10.6 Å². The van der Waals surface area contributed by atoms with E-state index in [0.717, 1.165) is 25.2 Å². The number of rotatable bonds is 9. The molecule has 0 aromatic heterocycles. The number of nitrogens with zero attached hydrogens (tertiary/aromatic N) is 2. The minimum Gasteiger partial charge on any atom is -0.481 e. The third-order valence-electron chi connectivity index (χ3n) is 3.15. The van der Waals surface area contributed by atoms with Gasteiger partial charge in [-0.05, 0) is 51.3 Å². The number of carbonyl (C=O) groups is 2. The van der Waals surface area contributed by atoms with Gasteiger partial charge < -0.3 is 20.6 Å². The van der Waals surface area contributed by atoms with E-state index >= 15 is 0 Å². The van der Waals surface area contributed by atoms with Crippen molar-refractivity contribution in [3.05, 3.63) is 29.8 Å². The summed E-state index contributed by atoms with van der Waals surface area (Å²) in [5.41, 5.74) is 6.57. The first-order valence-corrected chi connectivity index (χ1v) is 6.91. The van der Waals surface area contributed by atoms with Crippen LogP contribution in [0.3, 0.4) is 0 Å². The van der Waals surface area contributed by atoms with Crippen molar-refractivity contribution in [2.75, 3.05) is 38.6 Å². The topological polar surface area (TPSA) is 86.9 Å². The van der Waals surface area contributed by atoms with Crippen molar-refractivity contribution in [3.63, 3.8) is 0 Å². The quantitative estimate of drug-likeness (QED) is 0.710. The molecule has 0 heterocycles. The molecule has 1 aromatic rings. The molecule has 0 spiro atoms. The molecule has 6 nitrogen and oxygen atoms in total. The lowest BCUT2D eigenvalue weighted by Crippen LogP contribution is -2.29. The van der Waals surface area contributed by atoms with E-state index in [1.54, 1.807) is 24.3 Å². The fourth-order valence-electron chi connectivity index (χ4n) is 2.01. The first-order valence-electron chi connectivity index (χ1n) is 6.91. The number of anilines is 1. The van der Waals surface area contributed by atoms with Gasteiger partial charge in [0.25, 0.3) is 0 Å². The Labute approximate surface area is 125 Å². The van der Waals surface area contributed by atoms with Gasteiger partial charge in [0.1, 0.15) is 0 Å². The lowest BCUT2D eigenvalue weighted by molar-refractivity contribution is -0.136. The minimum absolute atomic E-state index is 0.0829. The molecule has 1 rings (SSSR count). The van der Waals surface area contributed by atoms with Crippen LogP contribution in [0.5, 0.6) is 0 Å². The van der Waals surface area contributed by atoms with Crippen LogP contribution in [0.2, 0.25) is 0 Å². The fourth-order valence-corrected chi connectivity index (χ4v) is 2.01. The summed E-state index contributed by atoms with van der Waals surface area (Å²) in [5, 5.41) is 8.84. The summed E-state index contributed by atoms with van der Waals surface area (Å²) in [4.78, 5) is 25.9. The Morgan fingerprint density at radius 3 is 2.19 bits per heavy atom. The van der Waals surface area contributed by atoms with Crippen LogP contribution >= 0.6 is 0 Å². The Hall–Kier alpha value is -2.08. The minimum atomic E-state index is -0.818. The SMILES string of the molecule is CN(C)CCCN(CCC(=O)O)c1ccc(C(N)=O)cc1. The zero-order valence-corrected chi connectivity index (χ0v) is 12.6. The average molecular weight is 293 g/mol. The number of carbonyl (C=O) groups excluding carboxylic acids is 1. The normalized spacial score (nSPS) is 10.6. The molecule has 0 atom stereocenters. The van der Waals surface area contributed by atoms with Crippen molar-refractivity contribution in [1.82, 2.24) is 4.90 Å². The third kappa shape index (κ3) is 6.27. The number of carboxylic acids is 1. The van der Waals surface area contributed by atoms with E-state index in [9.17, 15) is 9.59 Å². The lowest BCUT2D eigenvalue weighted by atomic mass is 10.1. The van der Waals surface area contributed by atoms with Gasteiger partial charge in [-0.25, -0.2) is 0 Å². The van der Waals surface area contributed by atoms with Gasteiger partial charge in [0.2, 0.25) is 5.91 Å². The number of primary amides is 1. The molecule has 21 heavy (non-hydrogen) atoms. The summed E-state index contributed by atoms with van der Waals surface area (Å²) < 4.78 is 0. The second-order valence-corrected chi connectivity index (χ2v) is 5.20. The highest BCUT2D eigenvalue weighted by molar-refractivity contribution is 5.93. The molecule has 0 bridgehead atoms. The molecule has 3 N–H and O–H groups in total. The van der Waals surface area contributed by atoms with Gasteiger partial charge in [0.15, 0.2) is 0 Å². The Morgan fingerprint density at radius 2 is 1.71 bits per heavy atom. The van der Waals surface area contributed by atoms with Crippen molar-refractivity contribution < 1.29 is 14.7 Å². The van der Waals surface area contributed by atoms with Crippen LogP contribution in [0, 0.1) is 0 Å². The Balaban J connectivity index is 2.73. The highest BCUT2D eigenvalue weighted by Gasteiger charge is 2.10. The summed E-state index contributed by atoms with van der Waals surface area (Å²) in [7, 11) is 4.01. The number of hydrogen-bond acceptors (Lipinski definition) is 4. The first-order chi connectivity index (χ1) is 9.90. The molecule has 0 aliphatic carbocycles. The molecule has 0 saturated carbocycles. The molecule has 0 aliphatic rings. The van der Waals surface area contributed by atoms with Crippen molar-refractivity contribution in [1.29, 1.82) is 0 Å². The molecule has 0 fully saturated rings. The van der Waals surface area contributed by atoms with Crippen LogP contribution in [0.4, 0.5) is 5.69 Å². The van der Waals surface area contributed by atoms with Gasteiger partial charge in [-0.1, -0.05) is 0 Å². The Morgan fingerprint density at radius 1 is 1.10 bits per heavy atom. The van der Waals surface area contributed by atoms with E-state index in [1.165, 1.54) is 0 Å². The zero-order valence-electron chi connectivity index (χ0n) is 12.6. The van der Waals surface area contributed by atoms with Gasteiger partial charge in [0, 0.05) is 24.3 Å². The molecule has 6 heteroatoms. The molecule has 0 radical (unpaired) electrons. The van der Waals surface area contributed by atoms with Crippen molar-refractivity contribution in [2.24, 2.45) is 5.73 Å². The Bertz CT molecular complexity index is 472. The second kappa shape index (κ2) is 8.26. The standard InChI is InChI=1S/C15H23N3O3/c1-17(2)9-3-10-18(11-8-14(19)20)13-6-4-12(5-7-13)15(16)21/h4-7H,3,8-11H2,1-2H3,(H2,16,21)(H,19,20). The largest absolute Gasteiger partial charge is 0.481 e. The van der Waals surface area contributed by atoms with Gasteiger partial charge in [0.05, 0.1) is 6.42 Å². The lowest BCUT2D eigenvalue weighted by Gasteiger charge is -2.25. The summed E-state index contributed by atoms with van der Waals surface area (Å²) >= 11 is 0. The third-order valence-corrected chi connectivity index (χ3v) is 3.15. The van der Waals surface area contributed by atoms with E-state index in [1.807, 2.05) is 19.0 Å². The summed E-state index contributed by atoms with van der Waals surface area (Å²) in [6.45, 7) is 2.14. The molecule has 0 unspecified atom stereocenters. The van der Waals surface area contributed by atoms with E-state index in [2.05, 4.69) is 4.90 Å².